The fraction of sp³-hybridized carbons (Fsp3) is 0.222. The summed E-state index contributed by atoms with van der Waals surface area (Å²) in [5.41, 5.74) is 0.358. The Balaban J connectivity index is 3.23. The highest BCUT2D eigenvalue weighted by atomic mass is 19.2. The molecule has 0 aliphatic rings. The zero-order chi connectivity index (χ0) is 9.84. The van der Waals surface area contributed by atoms with E-state index in [0.29, 0.717) is 5.56 Å². The van der Waals surface area contributed by atoms with Gasteiger partial charge in [-0.05, 0) is 12.1 Å². The summed E-state index contributed by atoms with van der Waals surface area (Å²) in [5.74, 6) is -2.19. The number of rotatable bonds is 2. The molecule has 4 heteroatoms. The van der Waals surface area contributed by atoms with Crippen LogP contribution >= 0.6 is 0 Å². The van der Waals surface area contributed by atoms with Crippen LogP contribution in [0.5, 0.6) is 5.75 Å². The average molecular weight is 183 g/mol. The molecule has 0 unspecified atom stereocenters. The normalized spacial score (nSPS) is 9.38. The molecule has 1 aromatic rings. The lowest BCUT2D eigenvalue weighted by Crippen LogP contribution is -1.96. The Bertz CT molecular complexity index is 357. The summed E-state index contributed by atoms with van der Waals surface area (Å²) in [6, 6.07) is 2.33. The summed E-state index contributed by atoms with van der Waals surface area (Å²) in [4.78, 5) is 3.07. The van der Waals surface area contributed by atoms with Gasteiger partial charge in [-0.2, -0.15) is 4.39 Å². The molecule has 0 aliphatic heterocycles. The summed E-state index contributed by atoms with van der Waals surface area (Å²) in [7, 11) is 1.24. The molecule has 2 nitrogen and oxygen atoms in total. The van der Waals surface area contributed by atoms with E-state index in [9.17, 15) is 8.78 Å². The third-order valence-corrected chi connectivity index (χ3v) is 1.59. The minimum Gasteiger partial charge on any atom is -0.493 e. The first kappa shape index (κ1) is 9.46. The van der Waals surface area contributed by atoms with Gasteiger partial charge in [0.2, 0.25) is 12.4 Å². The largest absolute Gasteiger partial charge is 0.493 e. The zero-order valence-electron chi connectivity index (χ0n) is 6.97. The van der Waals surface area contributed by atoms with E-state index < -0.39 is 11.6 Å². The molecule has 0 saturated carbocycles. The van der Waals surface area contributed by atoms with Crippen molar-refractivity contribution in [2.45, 2.75) is 6.54 Å². The predicted octanol–water partition coefficient (Wildman–Crippen LogP) is 2.39. The van der Waals surface area contributed by atoms with Crippen molar-refractivity contribution in [3.8, 4) is 5.75 Å². The maximum Gasteiger partial charge on any atom is 0.243 e. The van der Waals surface area contributed by atoms with E-state index in [4.69, 9.17) is 6.57 Å². The number of ether oxygens (including phenoxy) is 1. The van der Waals surface area contributed by atoms with Crippen LogP contribution in [0.15, 0.2) is 12.1 Å². The summed E-state index contributed by atoms with van der Waals surface area (Å²) in [6.07, 6.45) is 0. The van der Waals surface area contributed by atoms with E-state index in [2.05, 4.69) is 9.58 Å². The molecule has 0 atom stereocenters. The molecule has 0 spiro atoms. The van der Waals surface area contributed by atoms with E-state index in [1.807, 2.05) is 0 Å². The lowest BCUT2D eigenvalue weighted by Gasteiger charge is -2.05. The maximum absolute atomic E-state index is 13.0. The molecule has 0 amide bonds. The average Bonchev–Trinajstić information content (AvgIpc) is 2.12. The van der Waals surface area contributed by atoms with Crippen molar-refractivity contribution < 1.29 is 13.5 Å². The molecule has 0 aliphatic carbocycles. The second-order valence-corrected chi connectivity index (χ2v) is 2.37. The second-order valence-electron chi connectivity index (χ2n) is 2.37. The van der Waals surface area contributed by atoms with Crippen LogP contribution < -0.4 is 4.74 Å². The van der Waals surface area contributed by atoms with Crippen molar-refractivity contribution in [2.24, 2.45) is 0 Å². The Morgan fingerprint density at radius 3 is 2.69 bits per heavy atom. The molecular formula is C9H7F2NO. The van der Waals surface area contributed by atoms with E-state index in [-0.39, 0.29) is 12.3 Å². The van der Waals surface area contributed by atoms with Crippen molar-refractivity contribution in [1.82, 2.24) is 0 Å². The molecule has 0 aromatic heterocycles. The number of methoxy groups -OCH3 is 1. The molecule has 68 valence electrons. The fourth-order valence-electron chi connectivity index (χ4n) is 1.00. The zero-order valence-corrected chi connectivity index (χ0v) is 6.97. The molecule has 0 fully saturated rings. The van der Waals surface area contributed by atoms with E-state index >= 15 is 0 Å². The second kappa shape index (κ2) is 3.85. The topological polar surface area (TPSA) is 13.6 Å². The number of hydrogen-bond acceptors (Lipinski definition) is 1. The molecule has 1 rings (SSSR count). The smallest absolute Gasteiger partial charge is 0.243 e. The predicted molar refractivity (Wildman–Crippen MR) is 43.2 cm³/mol. The van der Waals surface area contributed by atoms with Crippen LogP contribution in [0, 0.1) is 18.2 Å². The molecular weight excluding hydrogens is 176 g/mol. The van der Waals surface area contributed by atoms with Crippen molar-refractivity contribution >= 4 is 0 Å². The minimum absolute atomic E-state index is 0.0135. The Kier molecular flexibility index (Phi) is 2.80. The van der Waals surface area contributed by atoms with E-state index in [1.165, 1.54) is 13.2 Å². The molecule has 0 N–H and O–H groups in total. The first-order valence-electron chi connectivity index (χ1n) is 3.54. The standard InChI is InChI=1S/C9H7F2NO/c1-12-5-6-3-4-7(10)8(11)9(6)13-2/h3-4H,5H2,2H3. The minimum atomic E-state index is -1.04. The Morgan fingerprint density at radius 2 is 2.15 bits per heavy atom. The quantitative estimate of drug-likeness (QED) is 0.642. The molecule has 13 heavy (non-hydrogen) atoms. The third kappa shape index (κ3) is 1.75. The van der Waals surface area contributed by atoms with Gasteiger partial charge in [0.25, 0.3) is 0 Å². The molecule has 0 bridgehead atoms. The van der Waals surface area contributed by atoms with Crippen LogP contribution in [0.25, 0.3) is 4.85 Å². The summed E-state index contributed by atoms with van der Waals surface area (Å²) in [5, 5.41) is 0. The maximum atomic E-state index is 13.0. The third-order valence-electron chi connectivity index (χ3n) is 1.59. The van der Waals surface area contributed by atoms with E-state index in [0.717, 1.165) is 6.07 Å². The molecule has 0 saturated heterocycles. The van der Waals surface area contributed by atoms with Crippen molar-refractivity contribution in [2.75, 3.05) is 7.11 Å². The SMILES string of the molecule is [C-]#[N+]Cc1ccc(F)c(F)c1OC. The van der Waals surface area contributed by atoms with Crippen LogP contribution in [0.1, 0.15) is 5.56 Å². The monoisotopic (exact) mass is 183 g/mol. The summed E-state index contributed by atoms with van der Waals surface area (Å²) in [6.45, 7) is 6.58. The lowest BCUT2D eigenvalue weighted by molar-refractivity contribution is 0.368. The van der Waals surface area contributed by atoms with Gasteiger partial charge in [-0.25, -0.2) is 11.0 Å². The van der Waals surface area contributed by atoms with Crippen LogP contribution in [0.3, 0.4) is 0 Å². The van der Waals surface area contributed by atoms with Crippen LogP contribution in [0.4, 0.5) is 8.78 Å². The van der Waals surface area contributed by atoms with Crippen molar-refractivity contribution in [3.05, 3.63) is 40.7 Å². The Hall–Kier alpha value is -1.63. The van der Waals surface area contributed by atoms with Gasteiger partial charge in [-0.1, -0.05) is 0 Å². The number of halogens is 2. The van der Waals surface area contributed by atoms with Gasteiger partial charge in [-0.3, -0.25) is 0 Å². The van der Waals surface area contributed by atoms with Gasteiger partial charge in [0.15, 0.2) is 11.6 Å². The fourth-order valence-corrected chi connectivity index (χ4v) is 1.00. The highest BCUT2D eigenvalue weighted by molar-refractivity contribution is 5.36. The highest BCUT2D eigenvalue weighted by Crippen LogP contribution is 2.25. The van der Waals surface area contributed by atoms with Crippen LogP contribution in [-0.4, -0.2) is 7.11 Å². The summed E-state index contributed by atoms with van der Waals surface area (Å²) < 4.78 is 30.3. The molecule has 0 heterocycles. The van der Waals surface area contributed by atoms with Gasteiger partial charge >= 0.3 is 0 Å². The summed E-state index contributed by atoms with van der Waals surface area (Å²) >= 11 is 0. The van der Waals surface area contributed by atoms with Crippen molar-refractivity contribution in [1.29, 1.82) is 0 Å². The first-order chi connectivity index (χ1) is 6.20. The van der Waals surface area contributed by atoms with E-state index in [1.54, 1.807) is 0 Å². The van der Waals surface area contributed by atoms with Gasteiger partial charge in [0.1, 0.15) is 0 Å². The number of hydrogen-bond donors (Lipinski definition) is 0. The first-order valence-corrected chi connectivity index (χ1v) is 3.54. The van der Waals surface area contributed by atoms with Crippen LogP contribution in [0.2, 0.25) is 0 Å². The molecule has 0 radical (unpaired) electrons. The van der Waals surface area contributed by atoms with Crippen molar-refractivity contribution in [3.63, 3.8) is 0 Å². The Labute approximate surface area is 74.6 Å². The van der Waals surface area contributed by atoms with Gasteiger partial charge in [0.05, 0.1) is 12.7 Å². The number of nitrogens with zero attached hydrogens (tertiary/aromatic N) is 1. The Morgan fingerprint density at radius 1 is 1.46 bits per heavy atom. The molecule has 1 aromatic carbocycles. The van der Waals surface area contributed by atoms with Crippen LogP contribution in [-0.2, 0) is 6.54 Å². The van der Waals surface area contributed by atoms with Gasteiger partial charge in [0, 0.05) is 0 Å². The number of benzene rings is 1. The van der Waals surface area contributed by atoms with Gasteiger partial charge in [-0.15, -0.1) is 0 Å². The highest BCUT2D eigenvalue weighted by Gasteiger charge is 2.15. The lowest BCUT2D eigenvalue weighted by atomic mass is 10.2. The van der Waals surface area contributed by atoms with Gasteiger partial charge < -0.3 is 9.58 Å².